The first-order valence-corrected chi connectivity index (χ1v) is 8.81. The third-order valence-electron chi connectivity index (χ3n) is 4.22. The van der Waals surface area contributed by atoms with Gasteiger partial charge in [-0.3, -0.25) is 4.79 Å². The van der Waals surface area contributed by atoms with Gasteiger partial charge in [-0.15, -0.1) is 0 Å². The predicted octanol–water partition coefficient (Wildman–Crippen LogP) is 3.06. The number of carboxylic acids is 1. The molecule has 2 rings (SSSR count). The van der Waals surface area contributed by atoms with Crippen molar-refractivity contribution in [2.75, 3.05) is 26.3 Å². The molecule has 1 amide bonds. The Hall–Kier alpha value is -2.24. The molecule has 0 aliphatic carbocycles. The number of hydrogen-bond acceptors (Lipinski definition) is 4. The molecule has 0 aromatic heterocycles. The van der Waals surface area contributed by atoms with Crippen LogP contribution in [0.25, 0.3) is 0 Å². The Morgan fingerprint density at radius 3 is 2.68 bits per heavy atom. The third-order valence-corrected chi connectivity index (χ3v) is 4.22. The highest BCUT2D eigenvalue weighted by atomic mass is 16.5. The van der Waals surface area contributed by atoms with Crippen molar-refractivity contribution in [3.8, 4) is 11.5 Å². The second kappa shape index (κ2) is 8.74. The van der Waals surface area contributed by atoms with Gasteiger partial charge in [0.05, 0.1) is 6.61 Å². The molecule has 1 N–H and O–H groups in total. The van der Waals surface area contributed by atoms with Gasteiger partial charge in [0.1, 0.15) is 0 Å². The average Bonchev–Trinajstić information content (AvgIpc) is 3.00. The maximum absolute atomic E-state index is 12.7. The first-order valence-electron chi connectivity index (χ1n) is 8.81. The zero-order valence-electron chi connectivity index (χ0n) is 15.2. The first-order chi connectivity index (χ1) is 11.9. The van der Waals surface area contributed by atoms with Crippen LogP contribution in [0.2, 0.25) is 0 Å². The highest BCUT2D eigenvalue weighted by molar-refractivity contribution is 5.95. The molecular formula is C19H27NO5. The van der Waals surface area contributed by atoms with E-state index in [4.69, 9.17) is 14.6 Å². The van der Waals surface area contributed by atoms with Crippen LogP contribution in [0.1, 0.15) is 44.0 Å². The van der Waals surface area contributed by atoms with E-state index in [-0.39, 0.29) is 5.91 Å². The number of nitrogens with zero attached hydrogens (tertiary/aromatic N) is 1. The van der Waals surface area contributed by atoms with Crippen molar-refractivity contribution in [1.82, 2.24) is 4.90 Å². The largest absolute Gasteiger partial charge is 0.490 e. The molecule has 1 unspecified atom stereocenters. The van der Waals surface area contributed by atoms with E-state index in [0.717, 1.165) is 25.9 Å². The van der Waals surface area contributed by atoms with E-state index < -0.39 is 12.6 Å². The van der Waals surface area contributed by atoms with Gasteiger partial charge in [-0.2, -0.15) is 0 Å². The van der Waals surface area contributed by atoms with E-state index in [0.29, 0.717) is 35.5 Å². The van der Waals surface area contributed by atoms with Crippen LogP contribution >= 0.6 is 0 Å². The first kappa shape index (κ1) is 19.1. The fourth-order valence-electron chi connectivity index (χ4n) is 3.23. The van der Waals surface area contributed by atoms with Crippen LogP contribution in [0.3, 0.4) is 0 Å². The normalized spacial score (nSPS) is 17.0. The molecule has 1 aliphatic rings. The molecule has 0 spiro atoms. The lowest BCUT2D eigenvalue weighted by molar-refractivity contribution is -0.139. The molecule has 1 aromatic carbocycles. The monoisotopic (exact) mass is 349 g/mol. The van der Waals surface area contributed by atoms with Crippen LogP contribution in [0.4, 0.5) is 0 Å². The van der Waals surface area contributed by atoms with E-state index >= 15 is 0 Å². The molecule has 1 heterocycles. The molecule has 138 valence electrons. The highest BCUT2D eigenvalue weighted by Gasteiger charge is 2.27. The van der Waals surface area contributed by atoms with Gasteiger partial charge >= 0.3 is 5.97 Å². The molecule has 6 heteroatoms. The summed E-state index contributed by atoms with van der Waals surface area (Å²) in [5, 5.41) is 8.74. The number of carbonyl (C=O) groups is 2. The number of rotatable bonds is 8. The summed E-state index contributed by atoms with van der Waals surface area (Å²) in [6, 6.07) is 4.90. The van der Waals surface area contributed by atoms with Crippen LogP contribution in [-0.4, -0.2) is 48.2 Å². The number of carboxylic acid groups (broad SMARTS) is 1. The fraction of sp³-hybridized carbons (Fsp3) is 0.579. The lowest BCUT2D eigenvalue weighted by Crippen LogP contribution is -2.28. The Labute approximate surface area is 148 Å². The smallest absolute Gasteiger partial charge is 0.341 e. The zero-order chi connectivity index (χ0) is 18.4. The molecule has 0 saturated carbocycles. The molecule has 0 radical (unpaired) electrons. The summed E-state index contributed by atoms with van der Waals surface area (Å²) in [7, 11) is 0. The summed E-state index contributed by atoms with van der Waals surface area (Å²) < 4.78 is 10.7. The van der Waals surface area contributed by atoms with Gasteiger partial charge in [-0.05, 0) is 49.8 Å². The van der Waals surface area contributed by atoms with Gasteiger partial charge in [0.2, 0.25) is 0 Å². The second-order valence-electron chi connectivity index (χ2n) is 6.81. The predicted molar refractivity (Wildman–Crippen MR) is 94.2 cm³/mol. The summed E-state index contributed by atoms with van der Waals surface area (Å²) in [6.07, 6.45) is 2.18. The molecule has 0 bridgehead atoms. The van der Waals surface area contributed by atoms with Gasteiger partial charge in [-0.25, -0.2) is 4.79 Å². The molecule has 1 aromatic rings. The second-order valence-corrected chi connectivity index (χ2v) is 6.81. The zero-order valence-corrected chi connectivity index (χ0v) is 15.2. The number of hydrogen-bond donors (Lipinski definition) is 1. The summed E-state index contributed by atoms with van der Waals surface area (Å²) in [4.78, 5) is 25.3. The van der Waals surface area contributed by atoms with Gasteiger partial charge in [0, 0.05) is 18.7 Å². The number of ether oxygens (including phenoxy) is 2. The summed E-state index contributed by atoms with van der Waals surface area (Å²) >= 11 is 0. The Kier molecular flexibility index (Phi) is 6.67. The molecule has 1 fully saturated rings. The molecular weight excluding hydrogens is 322 g/mol. The van der Waals surface area contributed by atoms with Crippen molar-refractivity contribution in [2.24, 2.45) is 11.8 Å². The Morgan fingerprint density at radius 2 is 2.04 bits per heavy atom. The third kappa shape index (κ3) is 5.37. The van der Waals surface area contributed by atoms with Crippen molar-refractivity contribution in [2.45, 2.75) is 33.6 Å². The van der Waals surface area contributed by atoms with Gasteiger partial charge in [0.25, 0.3) is 5.91 Å². The Morgan fingerprint density at radius 1 is 1.28 bits per heavy atom. The van der Waals surface area contributed by atoms with Crippen LogP contribution < -0.4 is 9.47 Å². The number of benzene rings is 1. The van der Waals surface area contributed by atoms with E-state index in [1.165, 1.54) is 0 Å². The van der Waals surface area contributed by atoms with E-state index in [1.807, 2.05) is 11.8 Å². The minimum Gasteiger partial charge on any atom is -0.490 e. The average molecular weight is 349 g/mol. The number of amides is 1. The number of carbonyl (C=O) groups excluding carboxylic acids is 1. The van der Waals surface area contributed by atoms with Crippen molar-refractivity contribution >= 4 is 11.9 Å². The lowest BCUT2D eigenvalue weighted by atomic mass is 9.97. The quantitative estimate of drug-likeness (QED) is 0.780. The summed E-state index contributed by atoms with van der Waals surface area (Å²) in [5.74, 6) is 0.851. The lowest BCUT2D eigenvalue weighted by Gasteiger charge is -2.18. The van der Waals surface area contributed by atoms with Crippen molar-refractivity contribution in [1.29, 1.82) is 0 Å². The standard InChI is InChI=1S/C19H27NO5/c1-4-24-17-10-15(5-6-16(17)25-12-18(21)22)19(23)20-8-7-14(11-20)9-13(2)3/h5-6,10,13-14H,4,7-9,11-12H2,1-3H3,(H,21,22). The highest BCUT2D eigenvalue weighted by Crippen LogP contribution is 2.30. The molecule has 25 heavy (non-hydrogen) atoms. The Balaban J connectivity index is 2.09. The van der Waals surface area contributed by atoms with Crippen LogP contribution in [-0.2, 0) is 4.79 Å². The summed E-state index contributed by atoms with van der Waals surface area (Å²) in [5.41, 5.74) is 0.538. The van der Waals surface area contributed by atoms with Crippen molar-refractivity contribution in [3.63, 3.8) is 0 Å². The van der Waals surface area contributed by atoms with Gasteiger partial charge in [-0.1, -0.05) is 13.8 Å². The molecule has 1 saturated heterocycles. The SMILES string of the molecule is CCOc1cc(C(=O)N2CCC(CC(C)C)C2)ccc1OCC(=O)O. The molecule has 1 atom stereocenters. The molecule has 1 aliphatic heterocycles. The topological polar surface area (TPSA) is 76.1 Å². The maximum Gasteiger partial charge on any atom is 0.341 e. The number of aliphatic carboxylic acids is 1. The summed E-state index contributed by atoms with van der Waals surface area (Å²) in [6.45, 7) is 7.75. The number of likely N-dealkylation sites (tertiary alicyclic amines) is 1. The molecule has 6 nitrogen and oxygen atoms in total. The maximum atomic E-state index is 12.7. The van der Waals surface area contributed by atoms with Gasteiger partial charge in [0.15, 0.2) is 18.1 Å². The van der Waals surface area contributed by atoms with Crippen LogP contribution in [0.5, 0.6) is 11.5 Å². The minimum absolute atomic E-state index is 0.0167. The minimum atomic E-state index is -1.06. The van der Waals surface area contributed by atoms with E-state index in [1.54, 1.807) is 18.2 Å². The van der Waals surface area contributed by atoms with E-state index in [9.17, 15) is 9.59 Å². The van der Waals surface area contributed by atoms with Crippen molar-refractivity contribution < 1.29 is 24.2 Å². The van der Waals surface area contributed by atoms with Crippen LogP contribution in [0, 0.1) is 11.8 Å². The van der Waals surface area contributed by atoms with E-state index in [2.05, 4.69) is 13.8 Å². The Bertz CT molecular complexity index is 614. The van der Waals surface area contributed by atoms with Crippen LogP contribution in [0.15, 0.2) is 18.2 Å². The fourth-order valence-corrected chi connectivity index (χ4v) is 3.23. The van der Waals surface area contributed by atoms with Crippen molar-refractivity contribution in [3.05, 3.63) is 23.8 Å². The van der Waals surface area contributed by atoms with Gasteiger partial charge < -0.3 is 19.5 Å².